The van der Waals surface area contributed by atoms with Gasteiger partial charge in [-0.25, -0.2) is 0 Å². The van der Waals surface area contributed by atoms with E-state index in [4.69, 9.17) is 17.3 Å². The Balaban J connectivity index is 2.11. The molecule has 1 fully saturated rings. The summed E-state index contributed by atoms with van der Waals surface area (Å²) in [6.45, 7) is 4.33. The fourth-order valence-corrected chi connectivity index (χ4v) is 3.50. The van der Waals surface area contributed by atoms with Crippen molar-refractivity contribution >= 4 is 11.6 Å². The van der Waals surface area contributed by atoms with Gasteiger partial charge in [0, 0.05) is 29.7 Å². The predicted molar refractivity (Wildman–Crippen MR) is 86.1 cm³/mol. The molecule has 0 saturated carbocycles. The molecule has 0 bridgehead atoms. The van der Waals surface area contributed by atoms with Crippen molar-refractivity contribution in [2.75, 3.05) is 27.2 Å². The summed E-state index contributed by atoms with van der Waals surface area (Å²) in [5.74, 6) is 0. The zero-order chi connectivity index (χ0) is 14.7. The molecule has 0 amide bonds. The lowest BCUT2D eigenvalue weighted by atomic mass is 9.99. The Morgan fingerprint density at radius 3 is 2.80 bits per heavy atom. The lowest BCUT2D eigenvalue weighted by Crippen LogP contribution is -2.43. The molecule has 1 saturated heterocycles. The molecular formula is C16H26ClN3. The van der Waals surface area contributed by atoms with Gasteiger partial charge in [-0.1, -0.05) is 23.7 Å². The first-order valence-electron chi connectivity index (χ1n) is 7.40. The lowest BCUT2D eigenvalue weighted by molar-refractivity contribution is 0.163. The van der Waals surface area contributed by atoms with Crippen LogP contribution in [0.1, 0.15) is 31.4 Å². The van der Waals surface area contributed by atoms with Crippen molar-refractivity contribution in [1.29, 1.82) is 0 Å². The summed E-state index contributed by atoms with van der Waals surface area (Å²) < 4.78 is 0. The highest BCUT2D eigenvalue weighted by Crippen LogP contribution is 2.26. The van der Waals surface area contributed by atoms with Crippen LogP contribution >= 0.6 is 11.6 Å². The Kier molecular flexibility index (Phi) is 5.44. The zero-order valence-corrected chi connectivity index (χ0v) is 13.5. The van der Waals surface area contributed by atoms with Gasteiger partial charge in [0.2, 0.25) is 0 Å². The van der Waals surface area contributed by atoms with Gasteiger partial charge in [-0.2, -0.15) is 0 Å². The van der Waals surface area contributed by atoms with Gasteiger partial charge in [-0.05, 0) is 58.1 Å². The minimum absolute atomic E-state index is 0.0742. The topological polar surface area (TPSA) is 32.5 Å². The van der Waals surface area contributed by atoms with Crippen molar-refractivity contribution in [1.82, 2.24) is 9.80 Å². The van der Waals surface area contributed by atoms with Crippen LogP contribution in [0.2, 0.25) is 5.02 Å². The number of likely N-dealkylation sites (tertiary alicyclic amines) is 1. The van der Waals surface area contributed by atoms with Gasteiger partial charge in [0.25, 0.3) is 0 Å². The van der Waals surface area contributed by atoms with Crippen molar-refractivity contribution in [2.24, 2.45) is 5.73 Å². The first kappa shape index (κ1) is 15.8. The molecule has 1 aliphatic heterocycles. The third-order valence-electron chi connectivity index (χ3n) is 4.33. The van der Waals surface area contributed by atoms with Crippen LogP contribution in [0.4, 0.5) is 0 Å². The van der Waals surface area contributed by atoms with E-state index in [1.807, 2.05) is 18.2 Å². The van der Waals surface area contributed by atoms with Crippen LogP contribution in [0.15, 0.2) is 24.3 Å². The molecule has 2 rings (SSSR count). The standard InChI is InChI=1S/C16H26ClN3/c1-12(18)16(13-6-4-7-14(17)10-13)20(3)11-15-8-5-9-19(15)2/h4,6-7,10,12,15-16H,5,8-9,11,18H2,1-3H3. The van der Waals surface area contributed by atoms with Gasteiger partial charge in [0.1, 0.15) is 0 Å². The van der Waals surface area contributed by atoms with Crippen LogP contribution in [0.25, 0.3) is 0 Å². The van der Waals surface area contributed by atoms with Crippen molar-refractivity contribution < 1.29 is 0 Å². The van der Waals surface area contributed by atoms with Crippen molar-refractivity contribution in [3.8, 4) is 0 Å². The molecule has 2 N–H and O–H groups in total. The van der Waals surface area contributed by atoms with Crippen molar-refractivity contribution in [3.05, 3.63) is 34.9 Å². The summed E-state index contributed by atoms with van der Waals surface area (Å²) in [4.78, 5) is 4.83. The molecule has 20 heavy (non-hydrogen) atoms. The smallest absolute Gasteiger partial charge is 0.0494 e. The van der Waals surface area contributed by atoms with Crippen molar-refractivity contribution in [3.63, 3.8) is 0 Å². The Bertz CT molecular complexity index is 435. The molecule has 112 valence electrons. The van der Waals surface area contributed by atoms with E-state index in [1.54, 1.807) is 0 Å². The van der Waals surface area contributed by atoms with E-state index >= 15 is 0 Å². The normalized spacial score (nSPS) is 23.2. The van der Waals surface area contributed by atoms with Crippen LogP contribution in [-0.4, -0.2) is 49.1 Å². The molecule has 3 unspecified atom stereocenters. The van der Waals surface area contributed by atoms with Crippen LogP contribution in [0.5, 0.6) is 0 Å². The molecule has 3 nitrogen and oxygen atoms in total. The maximum absolute atomic E-state index is 6.23. The number of benzene rings is 1. The van der Waals surface area contributed by atoms with Crippen LogP contribution in [0.3, 0.4) is 0 Å². The number of nitrogens with two attached hydrogens (primary N) is 1. The number of hydrogen-bond acceptors (Lipinski definition) is 3. The first-order chi connectivity index (χ1) is 9.49. The molecule has 0 spiro atoms. The molecular weight excluding hydrogens is 270 g/mol. The second kappa shape index (κ2) is 6.90. The first-order valence-corrected chi connectivity index (χ1v) is 7.78. The van der Waals surface area contributed by atoms with Gasteiger partial charge < -0.3 is 10.6 Å². The third-order valence-corrected chi connectivity index (χ3v) is 4.57. The Labute approximate surface area is 127 Å². The summed E-state index contributed by atoms with van der Waals surface area (Å²) in [6.07, 6.45) is 2.58. The quantitative estimate of drug-likeness (QED) is 0.906. The second-order valence-corrected chi connectivity index (χ2v) is 6.51. The highest BCUT2D eigenvalue weighted by Gasteiger charge is 2.27. The monoisotopic (exact) mass is 295 g/mol. The molecule has 4 heteroatoms. The summed E-state index contributed by atoms with van der Waals surface area (Å²) in [7, 11) is 4.38. The Hall–Kier alpha value is -0.610. The van der Waals surface area contributed by atoms with E-state index in [2.05, 4.69) is 36.9 Å². The summed E-state index contributed by atoms with van der Waals surface area (Å²) in [6, 6.07) is 8.99. The van der Waals surface area contributed by atoms with Gasteiger partial charge in [0.05, 0.1) is 0 Å². The molecule has 1 aliphatic rings. The second-order valence-electron chi connectivity index (χ2n) is 6.08. The summed E-state index contributed by atoms with van der Waals surface area (Å²) in [5.41, 5.74) is 7.43. The molecule has 0 aromatic heterocycles. The Morgan fingerprint density at radius 1 is 1.50 bits per heavy atom. The van der Waals surface area contributed by atoms with Crippen LogP contribution in [0, 0.1) is 0 Å². The number of likely N-dealkylation sites (N-methyl/N-ethyl adjacent to an activating group) is 2. The fraction of sp³-hybridized carbons (Fsp3) is 0.625. The number of nitrogens with zero attached hydrogens (tertiary/aromatic N) is 2. The molecule has 1 aromatic rings. The van der Waals surface area contributed by atoms with E-state index in [0.717, 1.165) is 11.6 Å². The third kappa shape index (κ3) is 3.73. The fourth-order valence-electron chi connectivity index (χ4n) is 3.31. The molecule has 0 radical (unpaired) electrons. The maximum Gasteiger partial charge on any atom is 0.0494 e. The van der Waals surface area contributed by atoms with E-state index < -0.39 is 0 Å². The zero-order valence-electron chi connectivity index (χ0n) is 12.7. The minimum Gasteiger partial charge on any atom is -0.326 e. The van der Waals surface area contributed by atoms with E-state index in [-0.39, 0.29) is 12.1 Å². The highest BCUT2D eigenvalue weighted by molar-refractivity contribution is 6.30. The van der Waals surface area contributed by atoms with Gasteiger partial charge in [-0.3, -0.25) is 4.90 Å². The van der Waals surface area contributed by atoms with Gasteiger partial charge in [-0.15, -0.1) is 0 Å². The lowest BCUT2D eigenvalue weighted by Gasteiger charge is -2.35. The summed E-state index contributed by atoms with van der Waals surface area (Å²) >= 11 is 6.12. The highest BCUT2D eigenvalue weighted by atomic mass is 35.5. The minimum atomic E-state index is 0.0742. The molecule has 3 atom stereocenters. The predicted octanol–water partition coefficient (Wildman–Crippen LogP) is 2.75. The molecule has 1 heterocycles. The average Bonchev–Trinajstić information content (AvgIpc) is 2.74. The number of halogens is 1. The number of rotatable bonds is 5. The van der Waals surface area contributed by atoms with Crippen LogP contribution in [-0.2, 0) is 0 Å². The van der Waals surface area contributed by atoms with Crippen molar-refractivity contribution in [2.45, 2.75) is 37.9 Å². The van der Waals surface area contributed by atoms with Gasteiger partial charge in [0.15, 0.2) is 0 Å². The van der Waals surface area contributed by atoms with E-state index in [9.17, 15) is 0 Å². The largest absolute Gasteiger partial charge is 0.326 e. The Morgan fingerprint density at radius 2 is 2.25 bits per heavy atom. The van der Waals surface area contributed by atoms with Crippen LogP contribution < -0.4 is 5.73 Å². The van der Waals surface area contributed by atoms with E-state index in [1.165, 1.54) is 24.9 Å². The summed E-state index contributed by atoms with van der Waals surface area (Å²) in [5, 5.41) is 0.777. The molecule has 0 aliphatic carbocycles. The van der Waals surface area contributed by atoms with Gasteiger partial charge >= 0.3 is 0 Å². The van der Waals surface area contributed by atoms with E-state index in [0.29, 0.717) is 6.04 Å². The SMILES string of the molecule is CC(N)C(c1cccc(Cl)c1)N(C)CC1CCCN1C. The maximum atomic E-state index is 6.23. The number of hydrogen-bond donors (Lipinski definition) is 1. The molecule has 1 aromatic carbocycles. The average molecular weight is 296 g/mol.